The van der Waals surface area contributed by atoms with Crippen LogP contribution in [0.5, 0.6) is 0 Å². The Balaban J connectivity index is 2.62. The molecule has 1 heterocycles. The molecule has 1 aromatic heterocycles. The molecule has 1 N–H and O–H groups in total. The van der Waals surface area contributed by atoms with E-state index in [9.17, 15) is 4.79 Å². The Labute approximate surface area is 101 Å². The zero-order valence-corrected chi connectivity index (χ0v) is 10.3. The van der Waals surface area contributed by atoms with Crippen LogP contribution in [0, 0.1) is 11.3 Å². The first-order valence-electron chi connectivity index (χ1n) is 5.34. The van der Waals surface area contributed by atoms with Crippen LogP contribution < -0.4 is 5.32 Å². The van der Waals surface area contributed by atoms with E-state index in [0.29, 0.717) is 12.2 Å². The number of aromatic nitrogens is 1. The van der Waals surface area contributed by atoms with Crippen molar-refractivity contribution in [3.63, 3.8) is 0 Å². The monoisotopic (exact) mass is 232 g/mol. The number of carbonyl (C=O) groups is 1. The molecule has 0 saturated heterocycles. The van der Waals surface area contributed by atoms with Crippen LogP contribution in [-0.2, 0) is 11.3 Å². The maximum atomic E-state index is 11.6. The molecule has 0 bridgehead atoms. The smallest absolute Gasteiger partial charge is 0.238 e. The molecule has 0 aliphatic carbocycles. The van der Waals surface area contributed by atoms with E-state index in [1.54, 1.807) is 33.3 Å². The lowest BCUT2D eigenvalue weighted by Gasteiger charge is -2.18. The molecule has 0 aliphatic rings. The summed E-state index contributed by atoms with van der Waals surface area (Å²) < 4.78 is 0. The number of carbonyl (C=O) groups excluding carboxylic acids is 1. The molecule has 17 heavy (non-hydrogen) atoms. The highest BCUT2D eigenvalue weighted by atomic mass is 16.2. The maximum Gasteiger partial charge on any atom is 0.238 e. The van der Waals surface area contributed by atoms with Crippen molar-refractivity contribution in [1.29, 1.82) is 5.26 Å². The van der Waals surface area contributed by atoms with Gasteiger partial charge in [-0.3, -0.25) is 4.79 Å². The number of nitrogens with one attached hydrogen (secondary N) is 1. The first kappa shape index (κ1) is 13.1. The number of hydrogen-bond donors (Lipinski definition) is 1. The van der Waals surface area contributed by atoms with Gasteiger partial charge < -0.3 is 10.2 Å². The second-order valence-electron chi connectivity index (χ2n) is 3.96. The van der Waals surface area contributed by atoms with E-state index >= 15 is 0 Å². The standard InChI is InChI=1S/C12H16N4O/c1-9(12(17)16(2)3)15-8-10-5-4-6-14-11(10)7-13/h4-6,9,15H,8H2,1-3H3. The molecular weight excluding hydrogens is 216 g/mol. The van der Waals surface area contributed by atoms with Gasteiger partial charge in [0.2, 0.25) is 5.91 Å². The lowest BCUT2D eigenvalue weighted by atomic mass is 10.2. The van der Waals surface area contributed by atoms with Crippen LogP contribution in [0.4, 0.5) is 0 Å². The lowest BCUT2D eigenvalue weighted by molar-refractivity contribution is -0.130. The molecular formula is C12H16N4O. The van der Waals surface area contributed by atoms with Gasteiger partial charge in [-0.05, 0) is 13.0 Å². The predicted molar refractivity (Wildman–Crippen MR) is 63.9 cm³/mol. The highest BCUT2D eigenvalue weighted by Gasteiger charge is 2.14. The van der Waals surface area contributed by atoms with E-state index in [1.165, 1.54) is 4.90 Å². The Morgan fingerprint density at radius 1 is 1.65 bits per heavy atom. The molecule has 1 aromatic rings. The van der Waals surface area contributed by atoms with E-state index in [0.717, 1.165) is 5.56 Å². The van der Waals surface area contributed by atoms with Gasteiger partial charge in [-0.25, -0.2) is 4.98 Å². The number of nitrogens with zero attached hydrogens (tertiary/aromatic N) is 3. The third kappa shape index (κ3) is 3.54. The fourth-order valence-corrected chi connectivity index (χ4v) is 1.42. The van der Waals surface area contributed by atoms with Crippen LogP contribution in [0.2, 0.25) is 0 Å². The summed E-state index contributed by atoms with van der Waals surface area (Å²) in [5.74, 6) is 0.00685. The molecule has 1 unspecified atom stereocenters. The quantitative estimate of drug-likeness (QED) is 0.821. The largest absolute Gasteiger partial charge is 0.347 e. The summed E-state index contributed by atoms with van der Waals surface area (Å²) in [6, 6.07) is 5.34. The summed E-state index contributed by atoms with van der Waals surface area (Å²) >= 11 is 0. The van der Waals surface area contributed by atoms with Crippen molar-refractivity contribution in [2.75, 3.05) is 14.1 Å². The highest BCUT2D eigenvalue weighted by molar-refractivity contribution is 5.80. The summed E-state index contributed by atoms with van der Waals surface area (Å²) in [4.78, 5) is 17.1. The van der Waals surface area contributed by atoms with Crippen LogP contribution in [0.3, 0.4) is 0 Å². The predicted octanol–water partition coefficient (Wildman–Crippen LogP) is 0.520. The van der Waals surface area contributed by atoms with Gasteiger partial charge in [0.05, 0.1) is 6.04 Å². The highest BCUT2D eigenvalue weighted by Crippen LogP contribution is 2.04. The van der Waals surface area contributed by atoms with Crippen molar-refractivity contribution in [3.05, 3.63) is 29.6 Å². The van der Waals surface area contributed by atoms with Crippen molar-refractivity contribution in [2.24, 2.45) is 0 Å². The summed E-state index contributed by atoms with van der Waals surface area (Å²) in [6.07, 6.45) is 1.58. The van der Waals surface area contributed by atoms with Gasteiger partial charge in [-0.1, -0.05) is 6.07 Å². The van der Waals surface area contributed by atoms with E-state index in [2.05, 4.69) is 10.3 Å². The van der Waals surface area contributed by atoms with Gasteiger partial charge >= 0.3 is 0 Å². The Kier molecular flexibility index (Phi) is 4.61. The molecule has 90 valence electrons. The molecule has 0 saturated carbocycles. The van der Waals surface area contributed by atoms with Crippen molar-refractivity contribution < 1.29 is 4.79 Å². The van der Waals surface area contributed by atoms with Gasteiger partial charge in [0, 0.05) is 32.4 Å². The van der Waals surface area contributed by atoms with Crippen LogP contribution in [0.15, 0.2) is 18.3 Å². The Hall–Kier alpha value is -1.93. The minimum Gasteiger partial charge on any atom is -0.347 e. The molecule has 0 radical (unpaired) electrons. The molecule has 5 heteroatoms. The molecule has 1 rings (SSSR count). The van der Waals surface area contributed by atoms with Gasteiger partial charge in [-0.15, -0.1) is 0 Å². The topological polar surface area (TPSA) is 69.0 Å². The van der Waals surface area contributed by atoms with Crippen molar-refractivity contribution in [2.45, 2.75) is 19.5 Å². The Morgan fingerprint density at radius 2 is 2.35 bits per heavy atom. The third-order valence-corrected chi connectivity index (χ3v) is 2.41. The Bertz CT molecular complexity index is 436. The van der Waals surface area contributed by atoms with Gasteiger partial charge in [0.15, 0.2) is 0 Å². The SMILES string of the molecule is CC(NCc1cccnc1C#N)C(=O)N(C)C. The van der Waals surface area contributed by atoms with Gasteiger partial charge in [0.1, 0.15) is 11.8 Å². The lowest BCUT2D eigenvalue weighted by Crippen LogP contribution is -2.41. The Morgan fingerprint density at radius 3 is 2.94 bits per heavy atom. The number of nitriles is 1. The fourth-order valence-electron chi connectivity index (χ4n) is 1.42. The van der Waals surface area contributed by atoms with Crippen LogP contribution >= 0.6 is 0 Å². The summed E-state index contributed by atoms with van der Waals surface area (Å²) in [5, 5.41) is 11.9. The average molecular weight is 232 g/mol. The maximum absolute atomic E-state index is 11.6. The summed E-state index contributed by atoms with van der Waals surface area (Å²) in [6.45, 7) is 2.25. The normalized spacial score (nSPS) is 11.6. The number of hydrogen-bond acceptors (Lipinski definition) is 4. The van der Waals surface area contributed by atoms with E-state index in [4.69, 9.17) is 5.26 Å². The molecule has 0 spiro atoms. The molecule has 1 amide bonds. The zero-order chi connectivity index (χ0) is 12.8. The van der Waals surface area contributed by atoms with Crippen LogP contribution in [-0.4, -0.2) is 35.9 Å². The molecule has 5 nitrogen and oxygen atoms in total. The van der Waals surface area contributed by atoms with E-state index < -0.39 is 0 Å². The van der Waals surface area contributed by atoms with Crippen LogP contribution in [0.1, 0.15) is 18.2 Å². The van der Waals surface area contributed by atoms with E-state index in [-0.39, 0.29) is 11.9 Å². The van der Waals surface area contributed by atoms with Gasteiger partial charge in [-0.2, -0.15) is 5.26 Å². The number of amides is 1. The number of pyridine rings is 1. The molecule has 0 aromatic carbocycles. The number of likely N-dealkylation sites (N-methyl/N-ethyl adjacent to an activating group) is 1. The minimum absolute atomic E-state index is 0.00685. The second-order valence-corrected chi connectivity index (χ2v) is 3.96. The van der Waals surface area contributed by atoms with Crippen molar-refractivity contribution in [1.82, 2.24) is 15.2 Å². The first-order chi connectivity index (χ1) is 8.06. The first-order valence-corrected chi connectivity index (χ1v) is 5.34. The second kappa shape index (κ2) is 5.97. The third-order valence-electron chi connectivity index (χ3n) is 2.41. The van der Waals surface area contributed by atoms with E-state index in [1.807, 2.05) is 12.1 Å². The minimum atomic E-state index is -0.281. The van der Waals surface area contributed by atoms with Crippen molar-refractivity contribution >= 4 is 5.91 Å². The zero-order valence-electron chi connectivity index (χ0n) is 10.3. The average Bonchev–Trinajstić information content (AvgIpc) is 2.35. The molecule has 1 atom stereocenters. The molecule has 0 fully saturated rings. The molecule has 0 aliphatic heterocycles. The van der Waals surface area contributed by atoms with Crippen LogP contribution in [0.25, 0.3) is 0 Å². The van der Waals surface area contributed by atoms with Crippen molar-refractivity contribution in [3.8, 4) is 6.07 Å². The summed E-state index contributed by atoms with van der Waals surface area (Å²) in [5.41, 5.74) is 1.19. The number of rotatable bonds is 4. The summed E-state index contributed by atoms with van der Waals surface area (Å²) in [7, 11) is 3.43. The van der Waals surface area contributed by atoms with Gasteiger partial charge in [0.25, 0.3) is 0 Å². The fraction of sp³-hybridized carbons (Fsp3) is 0.417.